The Hall–Kier alpha value is -7.16. The molecule has 16 heteroatoms. The zero-order chi connectivity index (χ0) is 44.7. The summed E-state index contributed by atoms with van der Waals surface area (Å²) in [7, 11) is 0. The Balaban J connectivity index is 0.000000146. The number of aromatic nitrogens is 6. The SMILES string of the molecule is O=C([C@@H]1Cc2cc(Cl)cc(-c3ccnc4[nH]ccc34)c2O1)N1CCN(c2ccncc2)CC1.O=C([C@H]1Cc2cc(Cl)cc(-c3ccnc4[nH]ccc34)c2O1)N1CCN(c2ccncc2)CC1. The van der Waals surface area contributed by atoms with Crippen LogP contribution in [0, 0.1) is 0 Å². The minimum Gasteiger partial charge on any atom is -0.479 e. The lowest BCUT2D eigenvalue weighted by molar-refractivity contribution is -0.138. The van der Waals surface area contributed by atoms with Gasteiger partial charge in [0.2, 0.25) is 0 Å². The Labute approximate surface area is 390 Å². The minimum atomic E-state index is -0.534. The number of rotatable bonds is 6. The fourth-order valence-corrected chi connectivity index (χ4v) is 10.1. The summed E-state index contributed by atoms with van der Waals surface area (Å²) in [6, 6.07) is 23.5. The van der Waals surface area contributed by atoms with Gasteiger partial charge in [0, 0.05) is 169 Å². The zero-order valence-electron chi connectivity index (χ0n) is 35.7. The van der Waals surface area contributed by atoms with Crippen LogP contribution in [0.2, 0.25) is 10.0 Å². The van der Waals surface area contributed by atoms with Gasteiger partial charge in [-0.05, 0) is 83.9 Å². The van der Waals surface area contributed by atoms with Crippen LogP contribution in [0.25, 0.3) is 44.3 Å². The molecule has 0 radical (unpaired) electrons. The first-order chi connectivity index (χ1) is 32.3. The highest BCUT2D eigenvalue weighted by Gasteiger charge is 2.37. The summed E-state index contributed by atoms with van der Waals surface area (Å²) in [5, 5.41) is 3.25. The summed E-state index contributed by atoms with van der Waals surface area (Å²) in [5.41, 5.74) is 9.56. The van der Waals surface area contributed by atoms with Gasteiger partial charge in [-0.15, -0.1) is 0 Å². The highest BCUT2D eigenvalue weighted by molar-refractivity contribution is 6.31. The quantitative estimate of drug-likeness (QED) is 0.169. The van der Waals surface area contributed by atoms with E-state index in [1.165, 1.54) is 0 Å². The number of nitrogens with one attached hydrogen (secondary N) is 2. The van der Waals surface area contributed by atoms with E-state index >= 15 is 0 Å². The normalized spacial score (nSPS) is 17.8. The molecule has 0 spiro atoms. The van der Waals surface area contributed by atoms with Crippen molar-refractivity contribution in [3.63, 3.8) is 0 Å². The van der Waals surface area contributed by atoms with Gasteiger partial charge >= 0.3 is 0 Å². The zero-order valence-corrected chi connectivity index (χ0v) is 37.3. The van der Waals surface area contributed by atoms with Crippen LogP contribution in [-0.2, 0) is 22.4 Å². The average molecular weight is 920 g/mol. The van der Waals surface area contributed by atoms with E-state index in [1.807, 2.05) is 95.0 Å². The van der Waals surface area contributed by atoms with Crippen molar-refractivity contribution >= 4 is 68.5 Å². The lowest BCUT2D eigenvalue weighted by Gasteiger charge is -2.36. The van der Waals surface area contributed by atoms with E-state index in [9.17, 15) is 9.59 Å². The van der Waals surface area contributed by atoms with Crippen molar-refractivity contribution in [2.24, 2.45) is 0 Å². The molecular formula is C50H44Cl2N10O4. The van der Waals surface area contributed by atoms with E-state index in [-0.39, 0.29) is 11.8 Å². The molecule has 10 heterocycles. The Morgan fingerprint density at radius 2 is 0.924 bits per heavy atom. The number of piperazine rings is 2. The van der Waals surface area contributed by atoms with Crippen molar-refractivity contribution in [1.29, 1.82) is 0 Å². The van der Waals surface area contributed by atoms with Gasteiger partial charge in [0.25, 0.3) is 11.8 Å². The number of ether oxygens (including phenoxy) is 2. The number of pyridine rings is 4. The van der Waals surface area contributed by atoms with Gasteiger partial charge in [-0.2, -0.15) is 0 Å². The van der Waals surface area contributed by atoms with E-state index in [0.29, 0.717) is 49.1 Å². The number of fused-ring (bicyclic) bond motifs is 4. The monoisotopic (exact) mass is 918 g/mol. The van der Waals surface area contributed by atoms with Crippen molar-refractivity contribution in [1.82, 2.24) is 39.7 Å². The van der Waals surface area contributed by atoms with Gasteiger partial charge in [-0.25, -0.2) is 9.97 Å². The number of benzene rings is 2. The smallest absolute Gasteiger partial charge is 0.264 e. The third-order valence-corrected chi connectivity index (χ3v) is 13.3. The predicted octanol–water partition coefficient (Wildman–Crippen LogP) is 7.86. The lowest BCUT2D eigenvalue weighted by Crippen LogP contribution is -2.52. The van der Waals surface area contributed by atoms with E-state index < -0.39 is 12.2 Å². The van der Waals surface area contributed by atoms with Crippen molar-refractivity contribution in [2.45, 2.75) is 25.0 Å². The molecule has 0 bridgehead atoms. The van der Waals surface area contributed by atoms with Crippen molar-refractivity contribution in [2.75, 3.05) is 62.2 Å². The number of H-pyrrole nitrogens is 2. The topological polar surface area (TPSA) is 149 Å². The maximum Gasteiger partial charge on any atom is 0.264 e. The molecule has 2 amide bonds. The van der Waals surface area contributed by atoms with Gasteiger partial charge in [0.15, 0.2) is 12.2 Å². The molecule has 2 atom stereocenters. The van der Waals surface area contributed by atoms with E-state index in [0.717, 1.165) is 105 Å². The number of aromatic amines is 2. The molecule has 0 aliphatic carbocycles. The molecule has 332 valence electrons. The molecule has 8 aromatic rings. The largest absolute Gasteiger partial charge is 0.479 e. The van der Waals surface area contributed by atoms with E-state index in [2.05, 4.69) is 39.7 Å². The van der Waals surface area contributed by atoms with Crippen molar-refractivity contribution < 1.29 is 19.1 Å². The van der Waals surface area contributed by atoms with Gasteiger partial charge < -0.3 is 39.0 Å². The number of hydrogen-bond donors (Lipinski definition) is 2. The molecule has 2 fully saturated rings. The Kier molecular flexibility index (Phi) is 11.1. The first-order valence-electron chi connectivity index (χ1n) is 22.1. The number of halogens is 2. The Bertz CT molecular complexity index is 2870. The average Bonchev–Trinajstić information content (AvgIpc) is 4.21. The van der Waals surface area contributed by atoms with E-state index in [1.54, 1.807) is 37.2 Å². The van der Waals surface area contributed by atoms with Crippen LogP contribution in [0.3, 0.4) is 0 Å². The van der Waals surface area contributed by atoms with Gasteiger partial charge in [0.05, 0.1) is 0 Å². The standard InChI is InChI=1S/2C25H22ClN5O2/c2*26-17-13-16-14-22(25(32)31-11-9-30(10-12-31)18-1-5-27-6-2-18)33-23(16)21(15-17)19-3-7-28-24-20(19)4-8-29-24/h2*1-8,13,15,22H,9-12,14H2,(H,28,29)/t2*22-/m10/s1. The highest BCUT2D eigenvalue weighted by Crippen LogP contribution is 2.45. The second-order valence-electron chi connectivity index (χ2n) is 16.7. The number of amides is 2. The lowest BCUT2D eigenvalue weighted by atomic mass is 9.99. The molecule has 2 saturated heterocycles. The fourth-order valence-electron chi connectivity index (χ4n) is 9.60. The van der Waals surface area contributed by atoms with Crippen LogP contribution in [0.1, 0.15) is 11.1 Å². The predicted molar refractivity (Wildman–Crippen MR) is 255 cm³/mol. The molecule has 4 aliphatic heterocycles. The number of carbonyl (C=O) groups excluding carboxylic acids is 2. The van der Waals surface area contributed by atoms with Crippen LogP contribution >= 0.6 is 23.2 Å². The third kappa shape index (κ3) is 8.00. The maximum absolute atomic E-state index is 13.3. The van der Waals surface area contributed by atoms with Crippen LogP contribution in [0.4, 0.5) is 11.4 Å². The molecule has 6 aromatic heterocycles. The molecular weight excluding hydrogens is 876 g/mol. The van der Waals surface area contributed by atoms with Crippen molar-refractivity contribution in [3.8, 4) is 33.8 Å². The van der Waals surface area contributed by atoms with Crippen LogP contribution in [0.5, 0.6) is 11.5 Å². The molecule has 2 aromatic carbocycles. The van der Waals surface area contributed by atoms with Crippen LogP contribution < -0.4 is 19.3 Å². The molecule has 66 heavy (non-hydrogen) atoms. The number of anilines is 2. The van der Waals surface area contributed by atoms with Gasteiger partial charge in [-0.3, -0.25) is 19.6 Å². The van der Waals surface area contributed by atoms with Crippen LogP contribution in [0.15, 0.2) is 122 Å². The first-order valence-corrected chi connectivity index (χ1v) is 22.8. The summed E-state index contributed by atoms with van der Waals surface area (Å²) in [6.45, 7) is 5.81. The second kappa shape index (κ2) is 17.7. The summed E-state index contributed by atoms with van der Waals surface area (Å²) >= 11 is 12.9. The maximum atomic E-state index is 13.3. The molecule has 0 saturated carbocycles. The molecule has 14 nitrogen and oxygen atoms in total. The molecule has 2 N–H and O–H groups in total. The Morgan fingerprint density at radius 3 is 1.33 bits per heavy atom. The second-order valence-corrected chi connectivity index (χ2v) is 17.6. The molecule has 12 rings (SSSR count). The van der Waals surface area contributed by atoms with Crippen LogP contribution in [-0.4, -0.2) is 116 Å². The number of carbonyl (C=O) groups is 2. The number of nitrogens with zero attached hydrogens (tertiary/aromatic N) is 8. The highest BCUT2D eigenvalue weighted by atomic mass is 35.5. The third-order valence-electron chi connectivity index (χ3n) is 12.9. The minimum absolute atomic E-state index is 0.0316. The summed E-state index contributed by atoms with van der Waals surface area (Å²) < 4.78 is 12.6. The molecule has 0 unspecified atom stereocenters. The van der Waals surface area contributed by atoms with Gasteiger partial charge in [0.1, 0.15) is 22.8 Å². The fraction of sp³-hybridized carbons (Fsp3) is 0.240. The van der Waals surface area contributed by atoms with Gasteiger partial charge in [-0.1, -0.05) is 23.2 Å². The molecule has 4 aliphatic rings. The van der Waals surface area contributed by atoms with Crippen molar-refractivity contribution in [3.05, 3.63) is 144 Å². The Morgan fingerprint density at radius 1 is 0.515 bits per heavy atom. The summed E-state index contributed by atoms with van der Waals surface area (Å²) in [4.78, 5) is 58.3. The summed E-state index contributed by atoms with van der Waals surface area (Å²) in [6.07, 6.45) is 14.4. The first kappa shape index (κ1) is 41.5. The summed E-state index contributed by atoms with van der Waals surface area (Å²) in [5.74, 6) is 1.54. The number of hydrogen-bond acceptors (Lipinski definition) is 10. The van der Waals surface area contributed by atoms with E-state index in [4.69, 9.17) is 32.7 Å².